The van der Waals surface area contributed by atoms with Crippen LogP contribution >= 0.6 is 11.8 Å². The summed E-state index contributed by atoms with van der Waals surface area (Å²) < 4.78 is 24.4. The summed E-state index contributed by atoms with van der Waals surface area (Å²) in [4.78, 5) is 22.0. The molecular weight excluding hydrogens is 354 g/mol. The van der Waals surface area contributed by atoms with E-state index < -0.39 is 20.8 Å². The van der Waals surface area contributed by atoms with Crippen LogP contribution in [0, 0.1) is 10.1 Å². The number of nitrogens with zero attached hydrogens (tertiary/aromatic N) is 1. The van der Waals surface area contributed by atoms with Crippen molar-refractivity contribution >= 4 is 33.2 Å². The first-order valence-electron chi connectivity index (χ1n) is 7.30. The second-order valence-electron chi connectivity index (χ2n) is 5.85. The second kappa shape index (κ2) is 7.08. The Morgan fingerprint density at radius 3 is 2.75 bits per heavy atom. The molecule has 0 radical (unpaired) electrons. The van der Waals surface area contributed by atoms with Crippen molar-refractivity contribution in [1.29, 1.82) is 0 Å². The van der Waals surface area contributed by atoms with E-state index in [0.717, 1.165) is 6.07 Å². The van der Waals surface area contributed by atoms with Crippen molar-refractivity contribution in [3.05, 3.63) is 33.9 Å². The smallest absolute Gasteiger partial charge is 0.270 e. The van der Waals surface area contributed by atoms with Crippen molar-refractivity contribution in [1.82, 2.24) is 5.32 Å². The molecule has 0 saturated carbocycles. The highest BCUT2D eigenvalue weighted by Crippen LogP contribution is 2.43. The Morgan fingerprint density at radius 2 is 2.17 bits per heavy atom. The zero-order valence-electron chi connectivity index (χ0n) is 13.3. The first-order valence-corrected chi connectivity index (χ1v) is 10.0. The molecule has 2 rings (SSSR count). The van der Waals surface area contributed by atoms with Crippen LogP contribution in [0.2, 0.25) is 0 Å². The molecule has 0 aromatic heterocycles. The van der Waals surface area contributed by atoms with Gasteiger partial charge < -0.3 is 11.1 Å². The van der Waals surface area contributed by atoms with Crippen molar-refractivity contribution in [2.75, 3.05) is 11.5 Å². The minimum atomic E-state index is -3.56. The largest absolute Gasteiger partial charge is 0.353 e. The normalized spacial score (nSPS) is 19.8. The topological polar surface area (TPSA) is 132 Å². The molecule has 2 unspecified atom stereocenters. The molecule has 0 bridgehead atoms. The van der Waals surface area contributed by atoms with Gasteiger partial charge in [-0.25, -0.2) is 8.42 Å². The third kappa shape index (κ3) is 4.05. The zero-order valence-corrected chi connectivity index (χ0v) is 14.9. The van der Waals surface area contributed by atoms with Crippen LogP contribution in [0.25, 0.3) is 0 Å². The number of sulfone groups is 1. The first kappa shape index (κ1) is 18.7. The van der Waals surface area contributed by atoms with Crippen molar-refractivity contribution < 1.29 is 18.1 Å². The molecule has 1 amide bonds. The fourth-order valence-electron chi connectivity index (χ4n) is 2.38. The van der Waals surface area contributed by atoms with E-state index in [9.17, 15) is 23.3 Å². The summed E-state index contributed by atoms with van der Waals surface area (Å²) in [5.41, 5.74) is 6.10. The number of rotatable bonds is 6. The maximum absolute atomic E-state index is 12.2. The van der Waals surface area contributed by atoms with E-state index in [1.807, 2.05) is 13.8 Å². The average Bonchev–Trinajstić information content (AvgIpc) is 2.74. The Labute approximate surface area is 144 Å². The summed E-state index contributed by atoms with van der Waals surface area (Å²) in [6.07, 6.45) is 0. The Bertz CT molecular complexity index is 764. The molecule has 1 aliphatic heterocycles. The number of nitrogens with one attached hydrogen (secondary N) is 1. The molecule has 0 spiro atoms. The Morgan fingerprint density at radius 1 is 1.50 bits per heavy atom. The lowest BCUT2D eigenvalue weighted by molar-refractivity contribution is -0.385. The number of thioether (sulfide) groups is 1. The molecule has 0 saturated heterocycles. The van der Waals surface area contributed by atoms with E-state index in [1.165, 1.54) is 23.9 Å². The van der Waals surface area contributed by atoms with E-state index >= 15 is 0 Å². The van der Waals surface area contributed by atoms with Crippen molar-refractivity contribution in [2.45, 2.75) is 36.1 Å². The van der Waals surface area contributed by atoms with Gasteiger partial charge in [0.2, 0.25) is 5.91 Å². The summed E-state index contributed by atoms with van der Waals surface area (Å²) in [6, 6.07) is 3.08. The van der Waals surface area contributed by atoms with Gasteiger partial charge in [0.05, 0.1) is 21.6 Å². The SMILES string of the molecule is CC(C)NC(=O)C(N)CSC1CS(=O)(=O)c2cc([N+](=O)[O-])ccc21. The molecule has 3 N–H and O–H groups in total. The Kier molecular flexibility index (Phi) is 5.51. The van der Waals surface area contributed by atoms with Gasteiger partial charge in [-0.05, 0) is 25.5 Å². The van der Waals surface area contributed by atoms with Crippen LogP contribution in [0.4, 0.5) is 5.69 Å². The van der Waals surface area contributed by atoms with Crippen LogP contribution in [0.15, 0.2) is 23.1 Å². The summed E-state index contributed by atoms with van der Waals surface area (Å²) in [5, 5.41) is 13.1. The molecule has 1 heterocycles. The van der Waals surface area contributed by atoms with Crippen molar-refractivity contribution in [3.8, 4) is 0 Å². The minimum absolute atomic E-state index is 0.00518. The van der Waals surface area contributed by atoms with E-state index in [0.29, 0.717) is 5.56 Å². The van der Waals surface area contributed by atoms with Gasteiger partial charge in [-0.2, -0.15) is 11.8 Å². The van der Waals surface area contributed by atoms with Crippen LogP contribution in [0.3, 0.4) is 0 Å². The number of fused-ring (bicyclic) bond motifs is 1. The van der Waals surface area contributed by atoms with Crippen LogP contribution in [0.1, 0.15) is 24.7 Å². The molecule has 0 aliphatic carbocycles. The van der Waals surface area contributed by atoms with Gasteiger partial charge in [0, 0.05) is 29.2 Å². The summed E-state index contributed by atoms with van der Waals surface area (Å²) in [7, 11) is -3.56. The van der Waals surface area contributed by atoms with Gasteiger partial charge in [-0.15, -0.1) is 0 Å². The second-order valence-corrected chi connectivity index (χ2v) is 9.09. The van der Waals surface area contributed by atoms with Gasteiger partial charge in [0.25, 0.3) is 5.69 Å². The number of nitro groups is 1. The number of nitro benzene ring substituents is 1. The quantitative estimate of drug-likeness (QED) is 0.561. The van der Waals surface area contributed by atoms with Crippen LogP contribution in [0.5, 0.6) is 0 Å². The van der Waals surface area contributed by atoms with Gasteiger partial charge in [0.1, 0.15) is 0 Å². The standard InChI is InChI=1S/C14H19N3O5S2/c1-8(2)16-14(18)11(15)6-23-12-7-24(21,22)13-5-9(17(19)20)3-4-10(12)13/h3-5,8,11-12H,6-7,15H2,1-2H3,(H,16,18). The maximum Gasteiger partial charge on any atom is 0.270 e. The number of hydrogen-bond acceptors (Lipinski definition) is 7. The lowest BCUT2D eigenvalue weighted by Gasteiger charge is -2.16. The predicted octanol–water partition coefficient (Wildman–Crippen LogP) is 1.01. The highest BCUT2D eigenvalue weighted by atomic mass is 32.2. The van der Waals surface area contributed by atoms with Crippen LogP contribution in [-0.2, 0) is 14.6 Å². The van der Waals surface area contributed by atoms with E-state index in [4.69, 9.17) is 5.73 Å². The number of carbonyl (C=O) groups excluding carboxylic acids is 1. The van der Waals surface area contributed by atoms with Gasteiger partial charge in [-0.3, -0.25) is 14.9 Å². The lowest BCUT2D eigenvalue weighted by Crippen LogP contribution is -2.45. The maximum atomic E-state index is 12.2. The van der Waals surface area contributed by atoms with Gasteiger partial charge in [0.15, 0.2) is 9.84 Å². The number of amides is 1. The number of nitrogens with two attached hydrogens (primary N) is 1. The predicted molar refractivity (Wildman–Crippen MR) is 91.6 cm³/mol. The fourth-order valence-corrected chi connectivity index (χ4v) is 5.98. The number of carbonyl (C=O) groups is 1. The summed E-state index contributed by atoms with van der Waals surface area (Å²) in [5.74, 6) is -0.177. The average molecular weight is 373 g/mol. The van der Waals surface area contributed by atoms with Crippen LogP contribution < -0.4 is 11.1 Å². The molecule has 132 valence electrons. The number of hydrogen-bond donors (Lipinski definition) is 2. The fraction of sp³-hybridized carbons (Fsp3) is 0.500. The molecule has 10 heteroatoms. The minimum Gasteiger partial charge on any atom is -0.353 e. The first-order chi connectivity index (χ1) is 11.1. The Balaban J connectivity index is 2.13. The van der Waals surface area contributed by atoms with E-state index in [2.05, 4.69) is 5.32 Å². The van der Waals surface area contributed by atoms with Crippen molar-refractivity contribution in [2.24, 2.45) is 5.73 Å². The molecular formula is C14H19N3O5S2. The molecule has 1 aliphatic rings. The third-order valence-corrected chi connectivity index (χ3v) is 6.89. The van der Waals surface area contributed by atoms with Crippen molar-refractivity contribution in [3.63, 3.8) is 0 Å². The highest BCUT2D eigenvalue weighted by Gasteiger charge is 2.36. The highest BCUT2D eigenvalue weighted by molar-refractivity contribution is 8.01. The molecule has 0 fully saturated rings. The molecule has 2 atom stereocenters. The number of non-ortho nitro benzene ring substituents is 1. The van der Waals surface area contributed by atoms with Gasteiger partial charge in [-0.1, -0.05) is 0 Å². The number of benzene rings is 1. The molecule has 1 aromatic rings. The molecule has 8 nitrogen and oxygen atoms in total. The lowest BCUT2D eigenvalue weighted by atomic mass is 10.1. The zero-order chi connectivity index (χ0) is 18.1. The molecule has 1 aromatic carbocycles. The Hall–Kier alpha value is -1.65. The van der Waals surface area contributed by atoms with E-state index in [1.54, 1.807) is 0 Å². The third-order valence-electron chi connectivity index (χ3n) is 3.51. The summed E-state index contributed by atoms with van der Waals surface area (Å²) in [6.45, 7) is 3.65. The monoisotopic (exact) mass is 373 g/mol. The summed E-state index contributed by atoms with van der Waals surface area (Å²) >= 11 is 1.27. The van der Waals surface area contributed by atoms with Crippen LogP contribution in [-0.4, -0.2) is 42.8 Å². The van der Waals surface area contributed by atoms with Gasteiger partial charge >= 0.3 is 0 Å². The molecule has 24 heavy (non-hydrogen) atoms. The van der Waals surface area contributed by atoms with E-state index in [-0.39, 0.29) is 39.3 Å².